The average molecular weight is 549 g/mol. The molecule has 0 N–H and O–H groups in total. The van der Waals surface area contributed by atoms with Crippen LogP contribution < -0.4 is 9.47 Å². The summed E-state index contributed by atoms with van der Waals surface area (Å²) < 4.78 is 56.1. The van der Waals surface area contributed by atoms with Crippen molar-refractivity contribution in [3.8, 4) is 22.6 Å². The van der Waals surface area contributed by atoms with Crippen molar-refractivity contribution >= 4 is 5.57 Å². The van der Waals surface area contributed by atoms with Gasteiger partial charge in [-0.1, -0.05) is 49.8 Å². The lowest BCUT2D eigenvalue weighted by atomic mass is 9.83. The molecule has 0 spiro atoms. The summed E-state index contributed by atoms with van der Waals surface area (Å²) in [5.74, 6) is -0.256. The minimum absolute atomic E-state index is 0.252. The van der Waals surface area contributed by atoms with Gasteiger partial charge < -0.3 is 9.47 Å². The highest BCUT2D eigenvalue weighted by atomic mass is 19.2. The normalized spacial score (nSPS) is 15.0. The number of aryl methyl sites for hydroxylation is 1. The van der Waals surface area contributed by atoms with Gasteiger partial charge in [-0.25, -0.2) is 13.2 Å². The Bertz CT molecular complexity index is 1300. The van der Waals surface area contributed by atoms with Crippen LogP contribution in [0.4, 0.5) is 13.2 Å². The zero-order valence-corrected chi connectivity index (χ0v) is 23.4. The summed E-state index contributed by atoms with van der Waals surface area (Å²) >= 11 is 0. The van der Waals surface area contributed by atoms with E-state index in [1.165, 1.54) is 6.07 Å². The Morgan fingerprint density at radius 3 is 2.30 bits per heavy atom. The van der Waals surface area contributed by atoms with E-state index in [9.17, 15) is 8.78 Å². The van der Waals surface area contributed by atoms with Crippen LogP contribution in [0, 0.1) is 23.4 Å². The van der Waals surface area contributed by atoms with Crippen molar-refractivity contribution in [1.82, 2.24) is 0 Å². The van der Waals surface area contributed by atoms with Crippen molar-refractivity contribution in [2.45, 2.75) is 64.7 Å². The van der Waals surface area contributed by atoms with E-state index in [1.54, 1.807) is 42.5 Å². The fourth-order valence-corrected chi connectivity index (χ4v) is 5.09. The van der Waals surface area contributed by atoms with Crippen molar-refractivity contribution < 1.29 is 22.6 Å². The van der Waals surface area contributed by atoms with Crippen LogP contribution in [0.25, 0.3) is 16.7 Å². The van der Waals surface area contributed by atoms with Gasteiger partial charge in [0.25, 0.3) is 0 Å². The molecular formula is C35H39F3O2. The molecule has 40 heavy (non-hydrogen) atoms. The summed E-state index contributed by atoms with van der Waals surface area (Å²) in [6.45, 7) is 6.96. The van der Waals surface area contributed by atoms with Crippen LogP contribution in [0.2, 0.25) is 0 Å². The number of hydrogen-bond acceptors (Lipinski definition) is 2. The number of halogens is 3. The van der Waals surface area contributed by atoms with Crippen molar-refractivity contribution in [3.63, 3.8) is 0 Å². The molecule has 0 radical (unpaired) electrons. The molecule has 0 saturated carbocycles. The van der Waals surface area contributed by atoms with E-state index in [0.717, 1.165) is 62.7 Å². The van der Waals surface area contributed by atoms with Gasteiger partial charge in [-0.15, -0.1) is 6.58 Å². The molecule has 1 atom stereocenters. The Hall–Kier alpha value is -3.47. The molecule has 0 aromatic heterocycles. The Morgan fingerprint density at radius 1 is 0.875 bits per heavy atom. The molecule has 0 amide bonds. The van der Waals surface area contributed by atoms with E-state index < -0.39 is 11.6 Å². The van der Waals surface area contributed by atoms with Crippen molar-refractivity contribution in [3.05, 3.63) is 102 Å². The molecule has 0 saturated heterocycles. The first-order chi connectivity index (χ1) is 19.5. The summed E-state index contributed by atoms with van der Waals surface area (Å²) in [6, 6.07) is 15.5. The zero-order chi connectivity index (χ0) is 28.3. The molecule has 0 aliphatic heterocycles. The molecule has 3 aromatic carbocycles. The minimum Gasteiger partial charge on any atom is -0.494 e. The maximum Gasteiger partial charge on any atom is 0.166 e. The second-order valence-corrected chi connectivity index (χ2v) is 10.5. The zero-order valence-electron chi connectivity index (χ0n) is 23.4. The predicted molar refractivity (Wildman–Crippen MR) is 157 cm³/mol. The van der Waals surface area contributed by atoms with Crippen LogP contribution in [-0.4, -0.2) is 13.2 Å². The average Bonchev–Trinajstić information content (AvgIpc) is 2.97. The lowest BCUT2D eigenvalue weighted by Gasteiger charge is -2.23. The van der Waals surface area contributed by atoms with Crippen molar-refractivity contribution in [2.24, 2.45) is 5.92 Å². The molecule has 0 fully saturated rings. The highest BCUT2D eigenvalue weighted by Crippen LogP contribution is 2.35. The second-order valence-electron chi connectivity index (χ2n) is 10.5. The summed E-state index contributed by atoms with van der Waals surface area (Å²) in [5, 5.41) is 0. The monoisotopic (exact) mass is 548 g/mol. The number of hydrogen-bond donors (Lipinski definition) is 0. The molecule has 3 aromatic rings. The predicted octanol–water partition coefficient (Wildman–Crippen LogP) is 10.1. The van der Waals surface area contributed by atoms with Gasteiger partial charge in [0.05, 0.1) is 13.2 Å². The van der Waals surface area contributed by atoms with Crippen LogP contribution >= 0.6 is 0 Å². The molecule has 2 nitrogen and oxygen atoms in total. The third-order valence-electron chi connectivity index (χ3n) is 7.54. The molecule has 212 valence electrons. The molecular weight excluding hydrogens is 509 g/mol. The Labute approximate surface area is 236 Å². The number of allylic oxidation sites excluding steroid dienone is 3. The first kappa shape index (κ1) is 29.5. The van der Waals surface area contributed by atoms with Crippen molar-refractivity contribution in [1.29, 1.82) is 0 Å². The van der Waals surface area contributed by atoms with Gasteiger partial charge in [-0.2, -0.15) is 0 Å². The molecule has 1 aliphatic rings. The maximum atomic E-state index is 15.0. The lowest BCUT2D eigenvalue weighted by molar-refractivity contribution is 0.309. The molecule has 1 aliphatic carbocycles. The van der Waals surface area contributed by atoms with E-state index in [1.807, 2.05) is 12.1 Å². The van der Waals surface area contributed by atoms with Gasteiger partial charge in [-0.05, 0) is 98.2 Å². The third kappa shape index (κ3) is 7.80. The minimum atomic E-state index is -0.813. The largest absolute Gasteiger partial charge is 0.494 e. The van der Waals surface area contributed by atoms with Gasteiger partial charge >= 0.3 is 0 Å². The number of benzene rings is 3. The SMILES string of the molecule is C=CCCCOc1ccc(C2=CCC(CCc3ccc(-c4ccc(OCCCC)cc4)c(F)c3F)CC2)c(F)c1. The topological polar surface area (TPSA) is 18.5 Å². The standard InChI is InChI=1S/C35H39F3O2/c1-3-5-7-23-40-30-19-21-31(33(36)24-30)26-11-8-25(9-12-26)10-13-28-16-20-32(35(38)34(28)37)27-14-17-29(18-15-27)39-22-6-4-2/h3,11,14-21,24-25H,1,4-10,12-13,22-23H2,2H3. The molecule has 5 heteroatoms. The smallest absolute Gasteiger partial charge is 0.166 e. The third-order valence-corrected chi connectivity index (χ3v) is 7.54. The van der Waals surface area contributed by atoms with E-state index >= 15 is 4.39 Å². The highest BCUT2D eigenvalue weighted by Gasteiger charge is 2.20. The molecule has 4 rings (SSSR count). The highest BCUT2D eigenvalue weighted by molar-refractivity contribution is 5.67. The van der Waals surface area contributed by atoms with Crippen LogP contribution in [0.3, 0.4) is 0 Å². The summed E-state index contributed by atoms with van der Waals surface area (Å²) in [5.41, 5.74) is 2.87. The molecule has 1 unspecified atom stereocenters. The maximum absolute atomic E-state index is 15.0. The second kappa shape index (κ2) is 14.8. The number of unbranched alkanes of at least 4 members (excludes halogenated alkanes) is 2. The van der Waals surface area contributed by atoms with Crippen LogP contribution in [0.1, 0.15) is 69.4 Å². The van der Waals surface area contributed by atoms with Crippen LogP contribution in [-0.2, 0) is 6.42 Å². The van der Waals surface area contributed by atoms with E-state index in [-0.39, 0.29) is 11.4 Å². The lowest BCUT2D eigenvalue weighted by Crippen LogP contribution is -2.08. The fraction of sp³-hybridized carbons (Fsp3) is 0.371. The quantitative estimate of drug-likeness (QED) is 0.147. The first-order valence-corrected chi connectivity index (χ1v) is 14.4. The number of ether oxygens (including phenoxy) is 2. The number of rotatable bonds is 14. The molecule has 0 bridgehead atoms. The van der Waals surface area contributed by atoms with E-state index in [2.05, 4.69) is 19.6 Å². The van der Waals surface area contributed by atoms with Crippen LogP contribution in [0.5, 0.6) is 11.5 Å². The van der Waals surface area contributed by atoms with Crippen molar-refractivity contribution in [2.75, 3.05) is 13.2 Å². The Balaban J connectivity index is 1.31. The van der Waals surface area contributed by atoms with Crippen LogP contribution in [0.15, 0.2) is 73.3 Å². The molecule has 0 heterocycles. The first-order valence-electron chi connectivity index (χ1n) is 14.4. The van der Waals surface area contributed by atoms with Gasteiger partial charge in [-0.3, -0.25) is 0 Å². The van der Waals surface area contributed by atoms with Gasteiger partial charge in [0.1, 0.15) is 17.3 Å². The summed E-state index contributed by atoms with van der Waals surface area (Å²) in [7, 11) is 0. The van der Waals surface area contributed by atoms with Gasteiger partial charge in [0, 0.05) is 17.2 Å². The summed E-state index contributed by atoms with van der Waals surface area (Å²) in [6.07, 6.45) is 11.3. The Kier molecular flexibility index (Phi) is 10.9. The van der Waals surface area contributed by atoms with Gasteiger partial charge in [0.15, 0.2) is 11.6 Å². The van der Waals surface area contributed by atoms with Gasteiger partial charge in [0.2, 0.25) is 0 Å². The van der Waals surface area contributed by atoms with E-state index in [0.29, 0.717) is 48.0 Å². The summed E-state index contributed by atoms with van der Waals surface area (Å²) in [4.78, 5) is 0. The van der Waals surface area contributed by atoms with E-state index in [4.69, 9.17) is 9.47 Å². The fourth-order valence-electron chi connectivity index (χ4n) is 5.09. The Morgan fingerprint density at radius 2 is 1.60 bits per heavy atom.